The number of ether oxygens (including phenoxy) is 4. The van der Waals surface area contributed by atoms with Crippen LogP contribution in [-0.2, 0) is 31.0 Å². The van der Waals surface area contributed by atoms with Crippen molar-refractivity contribution in [2.75, 3.05) is 6.61 Å². The van der Waals surface area contributed by atoms with Gasteiger partial charge in [0.15, 0.2) is 0 Å². The Kier molecular flexibility index (Phi) is 9.57. The van der Waals surface area contributed by atoms with Crippen LogP contribution in [0.5, 0.6) is 6.01 Å². The summed E-state index contributed by atoms with van der Waals surface area (Å²) in [6.07, 6.45) is -2.24. The van der Waals surface area contributed by atoms with Gasteiger partial charge in [-0.05, 0) is 57.4 Å². The molecule has 1 aromatic heterocycles. The van der Waals surface area contributed by atoms with E-state index >= 15 is 0 Å². The second-order valence-corrected chi connectivity index (χ2v) is 11.0. The molecule has 0 bridgehead atoms. The van der Waals surface area contributed by atoms with Gasteiger partial charge in [-0.15, -0.1) is 0 Å². The Morgan fingerprint density at radius 1 is 0.738 bits per heavy atom. The Morgan fingerprint density at radius 3 is 1.74 bits per heavy atom. The molecule has 42 heavy (non-hydrogen) atoms. The van der Waals surface area contributed by atoms with Crippen LogP contribution in [0.3, 0.4) is 0 Å². The lowest BCUT2D eigenvalue weighted by molar-refractivity contribution is -0.158. The summed E-state index contributed by atoms with van der Waals surface area (Å²) in [5.41, 5.74) is 1.30. The molecule has 1 unspecified atom stereocenters. The standard InChI is InChI=1S/C34H36N2O6/c1-24-21-25(2)36-31(35-24)41-29(30(37)39-22-26-15-9-6-10-16-26)34(27-17-11-7-12-18-27,28-19-13-8-14-20-28)23-40-32(38)42-33(3,4)5/h6-21,29H,22-23H2,1-5H3. The normalized spacial score (nSPS) is 12.2. The number of rotatable bonds is 10. The lowest BCUT2D eigenvalue weighted by Crippen LogP contribution is -2.53. The molecule has 218 valence electrons. The van der Waals surface area contributed by atoms with Gasteiger partial charge in [-0.1, -0.05) is 91.0 Å². The van der Waals surface area contributed by atoms with Crippen molar-refractivity contribution >= 4 is 12.1 Å². The summed E-state index contributed by atoms with van der Waals surface area (Å²) in [4.78, 5) is 36.0. The lowest BCUT2D eigenvalue weighted by Gasteiger charge is -2.39. The van der Waals surface area contributed by atoms with Crippen LogP contribution in [0.2, 0.25) is 0 Å². The first-order chi connectivity index (χ1) is 20.1. The quantitative estimate of drug-likeness (QED) is 0.200. The maximum absolute atomic E-state index is 14.2. The number of benzene rings is 3. The van der Waals surface area contributed by atoms with Crippen molar-refractivity contribution < 1.29 is 28.5 Å². The third kappa shape index (κ3) is 7.72. The minimum absolute atomic E-state index is 0.00247. The summed E-state index contributed by atoms with van der Waals surface area (Å²) < 4.78 is 23.5. The Hall–Kier alpha value is -4.72. The van der Waals surface area contributed by atoms with Crippen LogP contribution in [0.4, 0.5) is 4.79 Å². The highest BCUT2D eigenvalue weighted by molar-refractivity contribution is 5.79. The minimum atomic E-state index is -1.38. The van der Waals surface area contributed by atoms with Crippen molar-refractivity contribution in [3.63, 3.8) is 0 Å². The molecule has 0 aliphatic heterocycles. The van der Waals surface area contributed by atoms with Gasteiger partial charge in [-0.3, -0.25) is 0 Å². The first-order valence-corrected chi connectivity index (χ1v) is 13.7. The highest BCUT2D eigenvalue weighted by atomic mass is 16.7. The average Bonchev–Trinajstić information content (AvgIpc) is 2.96. The van der Waals surface area contributed by atoms with E-state index in [1.54, 1.807) is 20.8 Å². The molecular weight excluding hydrogens is 532 g/mol. The molecule has 0 aliphatic carbocycles. The molecule has 4 aromatic rings. The zero-order valence-corrected chi connectivity index (χ0v) is 24.6. The molecule has 0 N–H and O–H groups in total. The maximum atomic E-state index is 14.2. The van der Waals surface area contributed by atoms with E-state index in [0.29, 0.717) is 22.5 Å². The molecule has 0 fully saturated rings. The van der Waals surface area contributed by atoms with Crippen molar-refractivity contribution in [1.29, 1.82) is 0 Å². The largest absolute Gasteiger partial charge is 0.508 e. The summed E-state index contributed by atoms with van der Waals surface area (Å²) in [7, 11) is 0. The molecule has 0 amide bonds. The van der Waals surface area contributed by atoms with Crippen LogP contribution >= 0.6 is 0 Å². The van der Waals surface area contributed by atoms with Gasteiger partial charge in [0.25, 0.3) is 0 Å². The Balaban J connectivity index is 1.87. The molecule has 0 spiro atoms. The second kappa shape index (κ2) is 13.3. The third-order valence-electron chi connectivity index (χ3n) is 6.46. The van der Waals surface area contributed by atoms with Crippen molar-refractivity contribution in [2.45, 2.75) is 58.3 Å². The van der Waals surface area contributed by atoms with Gasteiger partial charge in [0.2, 0.25) is 6.10 Å². The van der Waals surface area contributed by atoms with Crippen LogP contribution in [-0.4, -0.2) is 40.4 Å². The molecule has 0 aliphatic rings. The predicted molar refractivity (Wildman–Crippen MR) is 158 cm³/mol. The molecule has 0 radical (unpaired) electrons. The van der Waals surface area contributed by atoms with E-state index in [1.165, 1.54) is 0 Å². The molecule has 0 saturated heterocycles. The van der Waals surface area contributed by atoms with Gasteiger partial charge in [0.1, 0.15) is 24.2 Å². The number of carbonyl (C=O) groups excluding carboxylic acids is 2. The second-order valence-electron chi connectivity index (χ2n) is 11.0. The number of aryl methyl sites for hydroxylation is 2. The average molecular weight is 569 g/mol. The fourth-order valence-corrected chi connectivity index (χ4v) is 4.64. The van der Waals surface area contributed by atoms with Crippen molar-refractivity contribution in [3.05, 3.63) is 125 Å². The summed E-state index contributed by atoms with van der Waals surface area (Å²) in [6.45, 7) is 8.60. The van der Waals surface area contributed by atoms with Crippen LogP contribution in [0.1, 0.15) is 48.8 Å². The Morgan fingerprint density at radius 2 is 1.24 bits per heavy atom. The molecular formula is C34H36N2O6. The highest BCUT2D eigenvalue weighted by Gasteiger charge is 2.51. The zero-order chi connectivity index (χ0) is 30.2. The number of hydrogen-bond donors (Lipinski definition) is 0. The third-order valence-corrected chi connectivity index (χ3v) is 6.46. The van der Waals surface area contributed by atoms with Gasteiger partial charge in [0, 0.05) is 11.4 Å². The maximum Gasteiger partial charge on any atom is 0.508 e. The summed E-state index contributed by atoms with van der Waals surface area (Å²) in [5, 5.41) is 0. The Labute approximate surface area is 246 Å². The van der Waals surface area contributed by atoms with Gasteiger partial charge >= 0.3 is 18.1 Å². The summed E-state index contributed by atoms with van der Waals surface area (Å²) in [5.74, 6) is -0.679. The number of hydrogen-bond acceptors (Lipinski definition) is 8. The number of nitrogens with zero attached hydrogens (tertiary/aromatic N) is 2. The monoisotopic (exact) mass is 568 g/mol. The number of esters is 1. The zero-order valence-electron chi connectivity index (χ0n) is 24.6. The molecule has 0 saturated carbocycles. The fourth-order valence-electron chi connectivity index (χ4n) is 4.64. The van der Waals surface area contributed by atoms with Crippen LogP contribution < -0.4 is 4.74 Å². The smallest absolute Gasteiger partial charge is 0.458 e. The first kappa shape index (κ1) is 30.2. The van der Waals surface area contributed by atoms with Gasteiger partial charge < -0.3 is 18.9 Å². The van der Waals surface area contributed by atoms with E-state index in [1.807, 2.05) is 111 Å². The SMILES string of the molecule is Cc1cc(C)nc(OC(C(=O)OCc2ccccc2)C(COC(=O)OC(C)(C)C)(c2ccccc2)c2ccccc2)n1. The van der Waals surface area contributed by atoms with Crippen molar-refractivity contribution in [1.82, 2.24) is 9.97 Å². The fraction of sp³-hybridized carbons (Fsp3) is 0.294. The van der Waals surface area contributed by atoms with Crippen LogP contribution in [0.15, 0.2) is 97.1 Å². The van der Waals surface area contributed by atoms with Crippen LogP contribution in [0, 0.1) is 13.8 Å². The predicted octanol–water partition coefficient (Wildman–Crippen LogP) is 6.52. The van der Waals surface area contributed by atoms with E-state index in [9.17, 15) is 9.59 Å². The lowest BCUT2D eigenvalue weighted by atomic mass is 9.70. The van der Waals surface area contributed by atoms with E-state index in [2.05, 4.69) is 9.97 Å². The highest BCUT2D eigenvalue weighted by Crippen LogP contribution is 2.39. The van der Waals surface area contributed by atoms with E-state index in [4.69, 9.17) is 18.9 Å². The topological polar surface area (TPSA) is 96.8 Å². The number of carbonyl (C=O) groups is 2. The molecule has 1 atom stereocenters. The van der Waals surface area contributed by atoms with Gasteiger partial charge in [0.05, 0.1) is 0 Å². The van der Waals surface area contributed by atoms with Crippen LogP contribution in [0.25, 0.3) is 0 Å². The molecule has 8 heteroatoms. The first-order valence-electron chi connectivity index (χ1n) is 13.7. The van der Waals surface area contributed by atoms with E-state index < -0.39 is 29.2 Å². The van der Waals surface area contributed by atoms with E-state index in [0.717, 1.165) is 5.56 Å². The molecule has 4 rings (SSSR count). The Bertz CT molecular complexity index is 1410. The van der Waals surface area contributed by atoms with Crippen molar-refractivity contribution in [3.8, 4) is 6.01 Å². The number of aromatic nitrogens is 2. The van der Waals surface area contributed by atoms with Crippen molar-refractivity contribution in [2.24, 2.45) is 0 Å². The van der Waals surface area contributed by atoms with Gasteiger partial charge in [-0.2, -0.15) is 0 Å². The van der Waals surface area contributed by atoms with E-state index in [-0.39, 0.29) is 19.2 Å². The summed E-state index contributed by atoms with van der Waals surface area (Å²) in [6, 6.07) is 29.7. The van der Waals surface area contributed by atoms with Gasteiger partial charge in [-0.25, -0.2) is 19.6 Å². The summed E-state index contributed by atoms with van der Waals surface area (Å²) >= 11 is 0. The minimum Gasteiger partial charge on any atom is -0.458 e. The molecule has 3 aromatic carbocycles. The molecule has 1 heterocycles. The molecule has 8 nitrogen and oxygen atoms in total.